The third-order valence-corrected chi connectivity index (χ3v) is 1.51. The summed E-state index contributed by atoms with van der Waals surface area (Å²) in [4.78, 5) is 4.30. The summed E-state index contributed by atoms with van der Waals surface area (Å²) in [7, 11) is 0. The molecule has 96 valence electrons. The van der Waals surface area contributed by atoms with Crippen molar-refractivity contribution in [2.75, 3.05) is 0 Å². The Balaban J connectivity index is -0.000000286. The molecule has 0 spiro atoms. The predicted octanol–water partition coefficient (Wildman–Crippen LogP) is 4.68. The Kier molecular flexibility index (Phi) is 13.0. The number of nitrogens with zero attached hydrogens (tertiary/aromatic N) is 1. The highest BCUT2D eigenvalue weighted by Crippen LogP contribution is 2.15. The second kappa shape index (κ2) is 12.0. The molecule has 1 aliphatic carbocycles. The van der Waals surface area contributed by atoms with Crippen LogP contribution in [0.3, 0.4) is 0 Å². The van der Waals surface area contributed by atoms with Gasteiger partial charge in [-0.05, 0) is 26.7 Å². The molecule has 2 nitrogen and oxygen atoms in total. The molecule has 0 saturated heterocycles. The van der Waals surface area contributed by atoms with Gasteiger partial charge in [-0.2, -0.15) is 0 Å². The smallest absolute Gasteiger partial charge is 0.0815 e. The second-order valence-corrected chi connectivity index (χ2v) is 3.59. The predicted molar refractivity (Wildman–Crippen MR) is 77.8 cm³/mol. The summed E-state index contributed by atoms with van der Waals surface area (Å²) in [6, 6.07) is 0. The number of hydrogen-bond acceptors (Lipinski definition) is 2. The zero-order chi connectivity index (χ0) is 13.0. The van der Waals surface area contributed by atoms with Crippen molar-refractivity contribution in [1.29, 1.82) is 0 Å². The zero-order valence-corrected chi connectivity index (χ0v) is 11.8. The first-order valence-corrected chi connectivity index (χ1v) is 6.29. The van der Waals surface area contributed by atoms with Crippen LogP contribution in [0.15, 0.2) is 28.5 Å². The molecule has 0 aromatic rings. The Morgan fingerprint density at radius 2 is 1.69 bits per heavy atom. The van der Waals surface area contributed by atoms with Gasteiger partial charge in [0.2, 0.25) is 0 Å². The zero-order valence-electron chi connectivity index (χ0n) is 11.8. The van der Waals surface area contributed by atoms with E-state index in [4.69, 9.17) is 5.73 Å². The van der Waals surface area contributed by atoms with Gasteiger partial charge in [-0.25, -0.2) is 0 Å². The molecule has 0 heterocycles. The summed E-state index contributed by atoms with van der Waals surface area (Å²) in [5, 5.41) is 0. The Bertz CT molecular complexity index is 249. The molecule has 0 amide bonds. The molecule has 0 aromatic heterocycles. The number of nitrogens with two attached hydrogens (primary N) is 1. The fraction of sp³-hybridized carbons (Fsp3) is 0.643. The van der Waals surface area contributed by atoms with E-state index in [1.807, 2.05) is 33.8 Å². The standard InChI is InChI=1S/C9H14N2.C3H8.C2H6.H2/c1-7(2)11-9-6-4-3-5-8(9)10;1-3-2;1-2;/h5-6H,3-4,10H2,1-2H3;3H2,1-2H3;1-2H3;1H. The second-order valence-electron chi connectivity index (χ2n) is 3.59. The van der Waals surface area contributed by atoms with Crippen molar-refractivity contribution in [1.82, 2.24) is 0 Å². The summed E-state index contributed by atoms with van der Waals surface area (Å²) >= 11 is 0. The van der Waals surface area contributed by atoms with Crippen molar-refractivity contribution >= 4 is 5.71 Å². The highest BCUT2D eigenvalue weighted by molar-refractivity contribution is 5.80. The molecule has 1 aliphatic rings. The van der Waals surface area contributed by atoms with Crippen LogP contribution in [0.5, 0.6) is 0 Å². The Hall–Kier alpha value is -1.05. The number of aliphatic imine (C=N–C) groups is 1. The van der Waals surface area contributed by atoms with E-state index in [0.29, 0.717) is 0 Å². The first kappa shape index (κ1) is 17.3. The van der Waals surface area contributed by atoms with Crippen LogP contribution in [0.2, 0.25) is 0 Å². The van der Waals surface area contributed by atoms with E-state index in [0.717, 1.165) is 29.9 Å². The van der Waals surface area contributed by atoms with Gasteiger partial charge in [0.1, 0.15) is 0 Å². The van der Waals surface area contributed by atoms with Crippen LogP contribution < -0.4 is 5.73 Å². The van der Waals surface area contributed by atoms with Crippen LogP contribution in [0, 0.1) is 0 Å². The average Bonchev–Trinajstić information content (AvgIpc) is 2.25. The van der Waals surface area contributed by atoms with Gasteiger partial charge in [-0.3, -0.25) is 4.99 Å². The van der Waals surface area contributed by atoms with E-state index in [-0.39, 0.29) is 1.43 Å². The van der Waals surface area contributed by atoms with Crippen molar-refractivity contribution < 1.29 is 1.43 Å². The van der Waals surface area contributed by atoms with Crippen molar-refractivity contribution in [3.8, 4) is 0 Å². The lowest BCUT2D eigenvalue weighted by Gasteiger charge is -2.07. The summed E-state index contributed by atoms with van der Waals surface area (Å²) in [6.07, 6.45) is 7.48. The van der Waals surface area contributed by atoms with Gasteiger partial charge in [0, 0.05) is 7.14 Å². The molecular formula is C14H30N2. The largest absolute Gasteiger partial charge is 0.397 e. The maximum Gasteiger partial charge on any atom is 0.0815 e. The summed E-state index contributed by atoms with van der Waals surface area (Å²) in [5.74, 6) is 0. The average molecular weight is 226 g/mol. The molecular weight excluding hydrogens is 196 g/mol. The van der Waals surface area contributed by atoms with Crippen LogP contribution in [0.25, 0.3) is 0 Å². The fourth-order valence-electron chi connectivity index (χ4n) is 1.03. The highest BCUT2D eigenvalue weighted by Gasteiger charge is 2.02. The van der Waals surface area contributed by atoms with Crippen molar-refractivity contribution in [2.24, 2.45) is 10.7 Å². The van der Waals surface area contributed by atoms with E-state index in [1.165, 1.54) is 6.42 Å². The van der Waals surface area contributed by atoms with Crippen LogP contribution in [0.1, 0.15) is 62.2 Å². The normalized spacial score (nSPS) is 13.1. The van der Waals surface area contributed by atoms with E-state index >= 15 is 0 Å². The topological polar surface area (TPSA) is 38.4 Å². The molecule has 16 heavy (non-hydrogen) atoms. The SMILES string of the molecule is CC.CC(C)=NC1=CCCC=C1N.CCC.[HH]. The molecule has 0 saturated carbocycles. The van der Waals surface area contributed by atoms with Gasteiger partial charge in [0.15, 0.2) is 0 Å². The molecule has 0 aliphatic heterocycles. The fourth-order valence-corrected chi connectivity index (χ4v) is 1.03. The van der Waals surface area contributed by atoms with Gasteiger partial charge >= 0.3 is 0 Å². The Morgan fingerprint density at radius 1 is 1.25 bits per heavy atom. The van der Waals surface area contributed by atoms with Gasteiger partial charge in [-0.1, -0.05) is 46.3 Å². The quantitative estimate of drug-likeness (QED) is 0.648. The van der Waals surface area contributed by atoms with Crippen molar-refractivity contribution in [2.45, 2.75) is 60.8 Å². The summed E-state index contributed by atoms with van der Waals surface area (Å²) < 4.78 is 0. The van der Waals surface area contributed by atoms with Gasteiger partial charge in [-0.15, -0.1) is 0 Å². The maximum absolute atomic E-state index is 5.71. The third-order valence-electron chi connectivity index (χ3n) is 1.51. The first-order valence-electron chi connectivity index (χ1n) is 6.29. The summed E-state index contributed by atoms with van der Waals surface area (Å²) in [6.45, 7) is 12.2. The van der Waals surface area contributed by atoms with Gasteiger partial charge in [0.25, 0.3) is 0 Å². The molecule has 2 N–H and O–H groups in total. The van der Waals surface area contributed by atoms with Crippen molar-refractivity contribution in [3.63, 3.8) is 0 Å². The van der Waals surface area contributed by atoms with Crippen LogP contribution >= 0.6 is 0 Å². The van der Waals surface area contributed by atoms with Crippen LogP contribution in [-0.4, -0.2) is 5.71 Å². The van der Waals surface area contributed by atoms with Crippen LogP contribution in [0.4, 0.5) is 0 Å². The van der Waals surface area contributed by atoms with E-state index < -0.39 is 0 Å². The summed E-state index contributed by atoms with van der Waals surface area (Å²) in [5.41, 5.74) is 8.52. The number of hydrogen-bond donors (Lipinski definition) is 1. The lowest BCUT2D eigenvalue weighted by Crippen LogP contribution is -2.03. The molecule has 0 atom stereocenters. The monoisotopic (exact) mass is 226 g/mol. The minimum absolute atomic E-state index is 0. The Labute approximate surface area is 103 Å². The highest BCUT2D eigenvalue weighted by atomic mass is 14.8. The van der Waals surface area contributed by atoms with Gasteiger partial charge < -0.3 is 5.73 Å². The van der Waals surface area contributed by atoms with Gasteiger partial charge in [0.05, 0.1) is 11.4 Å². The third kappa shape index (κ3) is 9.50. The minimum Gasteiger partial charge on any atom is -0.397 e. The Morgan fingerprint density at radius 3 is 2.06 bits per heavy atom. The molecule has 0 bridgehead atoms. The molecule has 1 rings (SSSR count). The van der Waals surface area contributed by atoms with E-state index in [2.05, 4.69) is 24.9 Å². The lowest BCUT2D eigenvalue weighted by atomic mass is 10.1. The van der Waals surface area contributed by atoms with E-state index in [9.17, 15) is 0 Å². The maximum atomic E-state index is 5.71. The van der Waals surface area contributed by atoms with Crippen molar-refractivity contribution in [3.05, 3.63) is 23.5 Å². The molecule has 0 aromatic carbocycles. The minimum atomic E-state index is 0. The molecule has 2 heteroatoms. The van der Waals surface area contributed by atoms with E-state index in [1.54, 1.807) is 0 Å². The van der Waals surface area contributed by atoms with Crippen LogP contribution in [-0.2, 0) is 0 Å². The molecule has 0 radical (unpaired) electrons. The molecule has 0 fully saturated rings. The molecule has 0 unspecified atom stereocenters. The number of allylic oxidation sites excluding steroid dienone is 2. The number of rotatable bonds is 1. The first-order chi connectivity index (χ1) is 7.61. The lowest BCUT2D eigenvalue weighted by molar-refractivity contribution is 0.973.